The molecule has 4 nitrogen and oxygen atoms in total. The first-order chi connectivity index (χ1) is 7.97. The maximum Gasteiger partial charge on any atom is 0.224 e. The molecule has 7 heteroatoms. The van der Waals surface area contributed by atoms with E-state index in [0.29, 0.717) is 5.28 Å². The Bertz CT molecular complexity index is 400. The van der Waals surface area contributed by atoms with E-state index >= 15 is 0 Å². The van der Waals surface area contributed by atoms with E-state index in [0.717, 1.165) is 37.7 Å². The van der Waals surface area contributed by atoms with Gasteiger partial charge in [-0.1, -0.05) is 20.8 Å². The predicted molar refractivity (Wildman–Crippen MR) is 85.3 cm³/mol. The Balaban J connectivity index is 0.00000162. The summed E-state index contributed by atoms with van der Waals surface area (Å²) in [6, 6.07) is 2.05. The molecule has 2 rings (SSSR count). The fourth-order valence-corrected chi connectivity index (χ4v) is 2.02. The molecule has 0 aliphatic carbocycles. The summed E-state index contributed by atoms with van der Waals surface area (Å²) in [5.74, 6) is 0.941. The number of piperazine rings is 1. The summed E-state index contributed by atoms with van der Waals surface area (Å²) in [4.78, 5) is 10.9. The number of nitrogens with zero attached hydrogens (tertiary/aromatic N) is 3. The van der Waals surface area contributed by atoms with Crippen LogP contribution in [0.25, 0.3) is 0 Å². The number of hydrogen-bond donors (Lipinski definition) is 1. The van der Waals surface area contributed by atoms with Gasteiger partial charge in [-0.25, -0.2) is 9.97 Å². The van der Waals surface area contributed by atoms with Crippen LogP contribution in [0.2, 0.25) is 5.28 Å². The highest BCUT2D eigenvalue weighted by Gasteiger charge is 2.20. The summed E-state index contributed by atoms with van der Waals surface area (Å²) in [5, 5.41) is 3.66. The van der Waals surface area contributed by atoms with E-state index in [1.165, 1.54) is 0 Å². The van der Waals surface area contributed by atoms with Crippen LogP contribution < -0.4 is 10.2 Å². The fourth-order valence-electron chi connectivity index (χ4n) is 1.85. The molecule has 1 fully saturated rings. The average Bonchev–Trinajstić information content (AvgIpc) is 2.28. The molecule has 0 aromatic carbocycles. The van der Waals surface area contributed by atoms with Gasteiger partial charge in [0, 0.05) is 37.7 Å². The SMILES string of the molecule is CC(C)(C)c1cc(N2CCNCC2)nc(Cl)n1.Cl.Cl. The van der Waals surface area contributed by atoms with Crippen molar-refractivity contribution >= 4 is 42.2 Å². The molecule has 1 aliphatic rings. The summed E-state index contributed by atoms with van der Waals surface area (Å²) >= 11 is 6.01. The van der Waals surface area contributed by atoms with Gasteiger partial charge in [-0.05, 0) is 11.6 Å². The molecule has 110 valence electrons. The van der Waals surface area contributed by atoms with E-state index in [2.05, 4.69) is 47.0 Å². The van der Waals surface area contributed by atoms with Crippen LogP contribution in [0, 0.1) is 0 Å². The van der Waals surface area contributed by atoms with E-state index in [4.69, 9.17) is 11.6 Å². The number of hydrogen-bond acceptors (Lipinski definition) is 4. The molecule has 1 saturated heterocycles. The highest BCUT2D eigenvalue weighted by molar-refractivity contribution is 6.28. The van der Waals surface area contributed by atoms with Crippen molar-refractivity contribution in [1.82, 2.24) is 15.3 Å². The van der Waals surface area contributed by atoms with Crippen molar-refractivity contribution in [2.24, 2.45) is 0 Å². The first-order valence-electron chi connectivity index (χ1n) is 5.97. The molecule has 2 heterocycles. The third-order valence-electron chi connectivity index (χ3n) is 2.89. The summed E-state index contributed by atoms with van der Waals surface area (Å²) in [5.41, 5.74) is 0.987. The molecule has 0 atom stereocenters. The van der Waals surface area contributed by atoms with Gasteiger partial charge in [0.15, 0.2) is 0 Å². The number of aromatic nitrogens is 2. The zero-order chi connectivity index (χ0) is 12.5. The van der Waals surface area contributed by atoms with Crippen molar-refractivity contribution in [1.29, 1.82) is 0 Å². The minimum atomic E-state index is -0.00460. The van der Waals surface area contributed by atoms with Gasteiger partial charge in [0.2, 0.25) is 5.28 Å². The largest absolute Gasteiger partial charge is 0.354 e. The van der Waals surface area contributed by atoms with Crippen molar-refractivity contribution < 1.29 is 0 Å². The van der Waals surface area contributed by atoms with Crippen LogP contribution in [0.15, 0.2) is 6.07 Å². The lowest BCUT2D eigenvalue weighted by molar-refractivity contribution is 0.560. The van der Waals surface area contributed by atoms with E-state index in [9.17, 15) is 0 Å². The Morgan fingerprint density at radius 1 is 1.16 bits per heavy atom. The lowest BCUT2D eigenvalue weighted by Gasteiger charge is -2.29. The van der Waals surface area contributed by atoms with Gasteiger partial charge < -0.3 is 10.2 Å². The summed E-state index contributed by atoms with van der Waals surface area (Å²) in [7, 11) is 0. The first kappa shape index (κ1) is 18.7. The molecule has 0 unspecified atom stereocenters. The quantitative estimate of drug-likeness (QED) is 0.805. The van der Waals surface area contributed by atoms with Crippen LogP contribution in [0.1, 0.15) is 26.5 Å². The zero-order valence-corrected chi connectivity index (χ0v) is 13.8. The van der Waals surface area contributed by atoms with Crippen LogP contribution in [-0.2, 0) is 5.41 Å². The fraction of sp³-hybridized carbons (Fsp3) is 0.667. The second kappa shape index (κ2) is 7.48. The van der Waals surface area contributed by atoms with E-state index in [1.807, 2.05) is 0 Å². The summed E-state index contributed by atoms with van der Waals surface area (Å²) in [6.45, 7) is 10.3. The molecule has 1 aromatic rings. The van der Waals surface area contributed by atoms with Gasteiger partial charge in [0.1, 0.15) is 5.82 Å². The molecule has 0 radical (unpaired) electrons. The van der Waals surface area contributed by atoms with Crippen LogP contribution in [-0.4, -0.2) is 36.1 Å². The maximum absolute atomic E-state index is 6.01. The van der Waals surface area contributed by atoms with E-state index in [-0.39, 0.29) is 30.2 Å². The molecule has 0 amide bonds. The topological polar surface area (TPSA) is 41.0 Å². The standard InChI is InChI=1S/C12H19ClN4.2ClH/c1-12(2,3)9-8-10(16-11(13)15-9)17-6-4-14-5-7-17;;/h8,14H,4-7H2,1-3H3;2*1H. The molecule has 1 N–H and O–H groups in total. The van der Waals surface area contributed by atoms with Gasteiger partial charge in [0.25, 0.3) is 0 Å². The zero-order valence-electron chi connectivity index (χ0n) is 11.4. The molecular weight excluding hydrogens is 307 g/mol. The Labute approximate surface area is 132 Å². The Morgan fingerprint density at radius 3 is 2.26 bits per heavy atom. The normalized spacial score (nSPS) is 15.5. The maximum atomic E-state index is 6.01. The van der Waals surface area contributed by atoms with Crippen molar-refractivity contribution in [3.8, 4) is 0 Å². The number of halogens is 3. The molecule has 1 aromatic heterocycles. The van der Waals surface area contributed by atoms with Gasteiger partial charge in [-0.3, -0.25) is 0 Å². The van der Waals surface area contributed by atoms with Crippen LogP contribution in [0.3, 0.4) is 0 Å². The molecule has 0 saturated carbocycles. The van der Waals surface area contributed by atoms with E-state index < -0.39 is 0 Å². The second-order valence-corrected chi connectivity index (χ2v) is 5.71. The van der Waals surface area contributed by atoms with Crippen LogP contribution in [0.4, 0.5) is 5.82 Å². The van der Waals surface area contributed by atoms with Crippen molar-refractivity contribution in [3.05, 3.63) is 17.0 Å². The average molecular weight is 328 g/mol. The molecule has 0 bridgehead atoms. The summed E-state index contributed by atoms with van der Waals surface area (Å²) in [6.07, 6.45) is 0. The molecule has 19 heavy (non-hydrogen) atoms. The van der Waals surface area contributed by atoms with Gasteiger partial charge in [-0.15, -0.1) is 24.8 Å². The highest BCUT2D eigenvalue weighted by Crippen LogP contribution is 2.25. The van der Waals surface area contributed by atoms with Crippen LogP contribution in [0.5, 0.6) is 0 Å². The first-order valence-corrected chi connectivity index (χ1v) is 6.35. The second-order valence-electron chi connectivity index (χ2n) is 5.37. The van der Waals surface area contributed by atoms with Crippen molar-refractivity contribution in [2.75, 3.05) is 31.1 Å². The van der Waals surface area contributed by atoms with Crippen LogP contribution >= 0.6 is 36.4 Å². The monoisotopic (exact) mass is 326 g/mol. The Hall–Kier alpha value is -0.290. The number of anilines is 1. The number of nitrogens with one attached hydrogen (secondary N) is 1. The number of rotatable bonds is 1. The minimum absolute atomic E-state index is 0. The molecular formula is C12H21Cl3N4. The predicted octanol–water partition coefficient (Wildman–Crippen LogP) is 2.68. The van der Waals surface area contributed by atoms with E-state index in [1.54, 1.807) is 0 Å². The summed E-state index contributed by atoms with van der Waals surface area (Å²) < 4.78 is 0. The highest BCUT2D eigenvalue weighted by atomic mass is 35.5. The third-order valence-corrected chi connectivity index (χ3v) is 3.06. The van der Waals surface area contributed by atoms with Gasteiger partial charge >= 0.3 is 0 Å². The lowest BCUT2D eigenvalue weighted by atomic mass is 9.92. The van der Waals surface area contributed by atoms with Crippen molar-refractivity contribution in [3.63, 3.8) is 0 Å². The minimum Gasteiger partial charge on any atom is -0.354 e. The lowest BCUT2D eigenvalue weighted by Crippen LogP contribution is -2.44. The molecule has 1 aliphatic heterocycles. The smallest absolute Gasteiger partial charge is 0.224 e. The molecule has 0 spiro atoms. The third kappa shape index (κ3) is 4.95. The van der Waals surface area contributed by atoms with Crippen molar-refractivity contribution in [2.45, 2.75) is 26.2 Å². The Kier molecular flexibility index (Phi) is 7.37. The Morgan fingerprint density at radius 2 is 1.74 bits per heavy atom. The van der Waals surface area contributed by atoms with Gasteiger partial charge in [0.05, 0.1) is 5.69 Å². The van der Waals surface area contributed by atoms with Gasteiger partial charge in [-0.2, -0.15) is 0 Å².